The van der Waals surface area contributed by atoms with Crippen molar-refractivity contribution in [1.29, 1.82) is 0 Å². The van der Waals surface area contributed by atoms with Crippen molar-refractivity contribution in [3.05, 3.63) is 57.9 Å². The van der Waals surface area contributed by atoms with Gasteiger partial charge in [-0.15, -0.1) is 0 Å². The monoisotopic (exact) mass is 476 g/mol. The summed E-state index contributed by atoms with van der Waals surface area (Å²) < 4.78 is 10.5. The number of hydrogen-bond acceptors (Lipinski definition) is 6. The Bertz CT molecular complexity index is 1010. The van der Waals surface area contributed by atoms with Crippen LogP contribution < -0.4 is 5.73 Å². The van der Waals surface area contributed by atoms with Gasteiger partial charge < -0.3 is 15.2 Å². The fraction of sp³-hybridized carbons (Fsp3) is 0.480. The zero-order chi connectivity index (χ0) is 25.1. The van der Waals surface area contributed by atoms with Crippen LogP contribution in [0.15, 0.2) is 47.3 Å². The van der Waals surface area contributed by atoms with E-state index in [0.29, 0.717) is 22.0 Å². The molecule has 0 radical (unpaired) electrons. The molecule has 0 aromatic heterocycles. The van der Waals surface area contributed by atoms with Crippen LogP contribution in [0.2, 0.25) is 5.02 Å². The Kier molecular flexibility index (Phi) is 8.14. The molecule has 0 aliphatic carbocycles. The Morgan fingerprint density at radius 2 is 1.73 bits per heavy atom. The predicted octanol–water partition coefficient (Wildman–Crippen LogP) is 4.31. The standard InChI is InChI=1S/C25H33ClN2O5/c1-15-12-18(17-10-8-9-11-19(17)26)21(22(30)32-7)16(2)28(15)23(31)25(6,14-27)13-20(29)33-24(3,4)5/h8-12,18H,13-14,27H2,1-7H3. The van der Waals surface area contributed by atoms with Gasteiger partial charge in [-0.25, -0.2) is 4.79 Å². The molecule has 2 unspecified atom stereocenters. The number of carbonyl (C=O) groups excluding carboxylic acids is 3. The van der Waals surface area contributed by atoms with E-state index in [4.69, 9.17) is 26.8 Å². The molecule has 2 atom stereocenters. The first kappa shape index (κ1) is 26.6. The molecule has 1 aliphatic heterocycles. The van der Waals surface area contributed by atoms with Gasteiger partial charge in [0, 0.05) is 28.9 Å². The van der Waals surface area contributed by atoms with Crippen molar-refractivity contribution in [2.45, 2.75) is 59.5 Å². The number of allylic oxidation sites excluding steroid dienone is 3. The fourth-order valence-corrected chi connectivity index (χ4v) is 4.13. The average molecular weight is 477 g/mol. The molecule has 180 valence electrons. The van der Waals surface area contributed by atoms with E-state index in [1.807, 2.05) is 12.1 Å². The lowest BCUT2D eigenvalue weighted by molar-refractivity contribution is -0.160. The Hall–Kier alpha value is -2.64. The summed E-state index contributed by atoms with van der Waals surface area (Å²) in [5, 5.41) is 0.497. The number of benzene rings is 1. The second kappa shape index (κ2) is 10.1. The van der Waals surface area contributed by atoms with E-state index in [1.165, 1.54) is 12.0 Å². The molecule has 1 aromatic carbocycles. The largest absolute Gasteiger partial charge is 0.466 e. The number of carbonyl (C=O) groups is 3. The molecular weight excluding hydrogens is 444 g/mol. The highest BCUT2D eigenvalue weighted by Gasteiger charge is 2.43. The molecule has 2 N–H and O–H groups in total. The van der Waals surface area contributed by atoms with Gasteiger partial charge in [0.15, 0.2) is 0 Å². The number of nitrogens with zero attached hydrogens (tertiary/aromatic N) is 1. The highest BCUT2D eigenvalue weighted by atomic mass is 35.5. The molecule has 0 bridgehead atoms. The minimum absolute atomic E-state index is 0.0797. The molecule has 1 aliphatic rings. The van der Waals surface area contributed by atoms with E-state index in [1.54, 1.807) is 59.8 Å². The fourth-order valence-electron chi connectivity index (χ4n) is 3.88. The Morgan fingerprint density at radius 1 is 1.12 bits per heavy atom. The summed E-state index contributed by atoms with van der Waals surface area (Å²) in [6.07, 6.45) is 1.60. The SMILES string of the molecule is COC(=O)C1=C(C)N(C(=O)C(C)(CN)CC(=O)OC(C)(C)C)C(C)=CC1c1ccccc1Cl. The molecule has 0 spiro atoms. The van der Waals surface area contributed by atoms with Crippen LogP contribution in [0.4, 0.5) is 0 Å². The smallest absolute Gasteiger partial charge is 0.336 e. The second-order valence-corrected chi connectivity index (χ2v) is 9.87. The molecule has 8 heteroatoms. The number of hydrogen-bond donors (Lipinski definition) is 1. The van der Waals surface area contributed by atoms with E-state index in [-0.39, 0.29) is 13.0 Å². The average Bonchev–Trinajstić information content (AvgIpc) is 2.71. The third kappa shape index (κ3) is 5.84. The van der Waals surface area contributed by atoms with Gasteiger partial charge in [0.25, 0.3) is 0 Å². The van der Waals surface area contributed by atoms with Crippen LogP contribution in [0.25, 0.3) is 0 Å². The van der Waals surface area contributed by atoms with Crippen molar-refractivity contribution in [1.82, 2.24) is 4.90 Å². The van der Waals surface area contributed by atoms with Gasteiger partial charge >= 0.3 is 11.9 Å². The predicted molar refractivity (Wildman–Crippen MR) is 127 cm³/mol. The van der Waals surface area contributed by atoms with Gasteiger partial charge in [-0.2, -0.15) is 0 Å². The van der Waals surface area contributed by atoms with Crippen LogP contribution in [0.5, 0.6) is 0 Å². The lowest BCUT2D eigenvalue weighted by Gasteiger charge is -2.38. The molecular formula is C25H33ClN2O5. The van der Waals surface area contributed by atoms with Crippen molar-refractivity contribution in [2.75, 3.05) is 13.7 Å². The zero-order valence-corrected chi connectivity index (χ0v) is 21.1. The van der Waals surface area contributed by atoms with Gasteiger partial charge in [0.1, 0.15) is 5.60 Å². The van der Waals surface area contributed by atoms with E-state index < -0.39 is 34.8 Å². The van der Waals surface area contributed by atoms with E-state index in [9.17, 15) is 14.4 Å². The summed E-state index contributed by atoms with van der Waals surface area (Å²) in [6.45, 7) is 10.3. The van der Waals surface area contributed by atoms with E-state index in [0.717, 1.165) is 5.56 Å². The number of ether oxygens (including phenoxy) is 2. The first-order chi connectivity index (χ1) is 15.3. The summed E-state index contributed by atoms with van der Waals surface area (Å²) >= 11 is 6.42. The maximum Gasteiger partial charge on any atom is 0.336 e. The summed E-state index contributed by atoms with van der Waals surface area (Å²) in [5.41, 5.74) is 6.06. The minimum atomic E-state index is -1.24. The zero-order valence-electron chi connectivity index (χ0n) is 20.3. The van der Waals surface area contributed by atoms with Gasteiger partial charge in [0.05, 0.1) is 24.5 Å². The van der Waals surface area contributed by atoms with Gasteiger partial charge in [-0.3, -0.25) is 14.5 Å². The second-order valence-electron chi connectivity index (χ2n) is 9.47. The van der Waals surface area contributed by atoms with Crippen LogP contribution in [0.3, 0.4) is 0 Å². The Morgan fingerprint density at radius 3 is 2.24 bits per heavy atom. The molecule has 0 saturated heterocycles. The maximum atomic E-state index is 13.7. The molecule has 1 amide bonds. The summed E-state index contributed by atoms with van der Waals surface area (Å²) in [6, 6.07) is 7.21. The van der Waals surface area contributed by atoms with E-state index in [2.05, 4.69) is 0 Å². The van der Waals surface area contributed by atoms with Crippen molar-refractivity contribution in [3.63, 3.8) is 0 Å². The number of rotatable bonds is 6. The lowest BCUT2D eigenvalue weighted by atomic mass is 9.82. The van der Waals surface area contributed by atoms with Crippen molar-refractivity contribution >= 4 is 29.4 Å². The number of nitrogens with two attached hydrogens (primary N) is 1. The molecule has 1 aromatic rings. The van der Waals surface area contributed by atoms with Crippen LogP contribution in [-0.4, -0.2) is 42.0 Å². The Balaban J connectivity index is 2.53. The quantitative estimate of drug-likeness (QED) is 0.614. The first-order valence-corrected chi connectivity index (χ1v) is 11.1. The molecule has 0 saturated carbocycles. The number of amides is 1. The van der Waals surface area contributed by atoms with E-state index >= 15 is 0 Å². The minimum Gasteiger partial charge on any atom is -0.466 e. The third-order valence-electron chi connectivity index (χ3n) is 5.57. The summed E-state index contributed by atoms with van der Waals surface area (Å²) in [7, 11) is 1.29. The highest BCUT2D eigenvalue weighted by molar-refractivity contribution is 6.31. The normalized spacial score (nSPS) is 18.4. The van der Waals surface area contributed by atoms with Crippen LogP contribution in [0.1, 0.15) is 59.4 Å². The molecule has 7 nitrogen and oxygen atoms in total. The highest BCUT2D eigenvalue weighted by Crippen LogP contribution is 2.41. The van der Waals surface area contributed by atoms with Gasteiger partial charge in [-0.05, 0) is 53.2 Å². The van der Waals surface area contributed by atoms with Gasteiger partial charge in [-0.1, -0.05) is 35.9 Å². The van der Waals surface area contributed by atoms with Crippen LogP contribution >= 0.6 is 11.6 Å². The summed E-state index contributed by atoms with van der Waals surface area (Å²) in [4.78, 5) is 40.5. The van der Waals surface area contributed by atoms with Crippen LogP contribution in [0, 0.1) is 5.41 Å². The number of esters is 2. The van der Waals surface area contributed by atoms with Crippen LogP contribution in [-0.2, 0) is 23.9 Å². The topological polar surface area (TPSA) is 98.9 Å². The van der Waals surface area contributed by atoms with Crippen molar-refractivity contribution < 1.29 is 23.9 Å². The number of methoxy groups -OCH3 is 1. The lowest BCUT2D eigenvalue weighted by Crippen LogP contribution is -2.48. The summed E-state index contributed by atoms with van der Waals surface area (Å²) in [5.74, 6) is -1.99. The molecule has 2 rings (SSSR count). The number of halogens is 1. The molecule has 33 heavy (non-hydrogen) atoms. The first-order valence-electron chi connectivity index (χ1n) is 10.7. The Labute approximate surface area is 200 Å². The molecule has 1 heterocycles. The third-order valence-corrected chi connectivity index (χ3v) is 5.91. The molecule has 0 fully saturated rings. The maximum absolute atomic E-state index is 13.7. The van der Waals surface area contributed by atoms with Gasteiger partial charge in [0.2, 0.25) is 5.91 Å². The van der Waals surface area contributed by atoms with Crippen molar-refractivity contribution in [2.24, 2.45) is 11.1 Å². The van der Waals surface area contributed by atoms with Crippen molar-refractivity contribution in [3.8, 4) is 0 Å².